The minimum atomic E-state index is -1.32. The van der Waals surface area contributed by atoms with Crippen molar-refractivity contribution in [2.24, 2.45) is 0 Å². The van der Waals surface area contributed by atoms with Gasteiger partial charge in [-0.25, -0.2) is 0 Å². The van der Waals surface area contributed by atoms with Crippen LogP contribution in [0.4, 0.5) is 11.4 Å². The van der Waals surface area contributed by atoms with Crippen molar-refractivity contribution in [1.29, 1.82) is 0 Å². The summed E-state index contributed by atoms with van der Waals surface area (Å²) in [6.07, 6.45) is 0.481. The fourth-order valence-corrected chi connectivity index (χ4v) is 0.771. The molecule has 74 valence electrons. The van der Waals surface area contributed by atoms with Crippen LogP contribution in [0, 0.1) is 20.2 Å². The SMILES string of the molecule is O=c1c([N+](=O)[O-])cc([N+](=O)[O-])cn1O. The van der Waals surface area contributed by atoms with E-state index in [1.165, 1.54) is 0 Å². The molecule has 0 saturated carbocycles. The number of hydrogen-bond donors (Lipinski definition) is 1. The molecule has 0 aliphatic rings. The van der Waals surface area contributed by atoms with E-state index in [-0.39, 0.29) is 4.73 Å². The van der Waals surface area contributed by atoms with Crippen LogP contribution in [0.3, 0.4) is 0 Å². The zero-order chi connectivity index (χ0) is 10.9. The first kappa shape index (κ1) is 9.64. The van der Waals surface area contributed by atoms with Gasteiger partial charge < -0.3 is 5.21 Å². The van der Waals surface area contributed by atoms with Crippen LogP contribution in [0.25, 0.3) is 0 Å². The van der Waals surface area contributed by atoms with E-state index in [0.29, 0.717) is 12.3 Å². The van der Waals surface area contributed by atoms with Gasteiger partial charge in [-0.3, -0.25) is 25.0 Å². The summed E-state index contributed by atoms with van der Waals surface area (Å²) in [4.78, 5) is 29.2. The van der Waals surface area contributed by atoms with E-state index >= 15 is 0 Å². The van der Waals surface area contributed by atoms with Gasteiger partial charge in [0.05, 0.1) is 9.85 Å². The van der Waals surface area contributed by atoms with Gasteiger partial charge in [-0.2, -0.15) is 0 Å². The molecule has 9 nitrogen and oxygen atoms in total. The van der Waals surface area contributed by atoms with Crippen molar-refractivity contribution in [2.75, 3.05) is 0 Å². The van der Waals surface area contributed by atoms with E-state index < -0.39 is 26.8 Å². The van der Waals surface area contributed by atoms with Gasteiger partial charge >= 0.3 is 11.2 Å². The van der Waals surface area contributed by atoms with Gasteiger partial charge in [0.1, 0.15) is 12.3 Å². The van der Waals surface area contributed by atoms with Crippen LogP contribution >= 0.6 is 0 Å². The second-order valence-electron chi connectivity index (χ2n) is 2.25. The minimum Gasteiger partial charge on any atom is -0.425 e. The second-order valence-corrected chi connectivity index (χ2v) is 2.25. The van der Waals surface area contributed by atoms with Gasteiger partial charge in [-0.15, -0.1) is 4.73 Å². The first-order valence-corrected chi connectivity index (χ1v) is 3.18. The predicted octanol–water partition coefficient (Wildman–Crippen LogP) is -0.0980. The topological polar surface area (TPSA) is 129 Å². The maximum atomic E-state index is 10.8. The summed E-state index contributed by atoms with van der Waals surface area (Å²) >= 11 is 0. The van der Waals surface area contributed by atoms with Crippen molar-refractivity contribution in [3.05, 3.63) is 42.8 Å². The zero-order valence-electron chi connectivity index (χ0n) is 6.48. The van der Waals surface area contributed by atoms with Gasteiger partial charge in [-0.1, -0.05) is 0 Å². The molecule has 0 amide bonds. The average molecular weight is 201 g/mol. The predicted molar refractivity (Wildman–Crippen MR) is 41.2 cm³/mol. The van der Waals surface area contributed by atoms with Crippen molar-refractivity contribution in [3.63, 3.8) is 0 Å². The number of aromatic nitrogens is 1. The van der Waals surface area contributed by atoms with Crippen molar-refractivity contribution < 1.29 is 15.1 Å². The maximum absolute atomic E-state index is 10.8. The van der Waals surface area contributed by atoms with Crippen LogP contribution in [0.15, 0.2) is 17.1 Å². The number of rotatable bonds is 2. The molecule has 0 aromatic carbocycles. The lowest BCUT2D eigenvalue weighted by Gasteiger charge is -1.95. The van der Waals surface area contributed by atoms with Crippen LogP contribution in [0.1, 0.15) is 0 Å². The van der Waals surface area contributed by atoms with E-state index in [1.807, 2.05) is 0 Å². The lowest BCUT2D eigenvalue weighted by atomic mass is 10.4. The highest BCUT2D eigenvalue weighted by atomic mass is 16.6. The Labute approximate surface area is 75.1 Å². The molecule has 9 heteroatoms. The Morgan fingerprint density at radius 1 is 1.29 bits per heavy atom. The Bertz CT molecular complexity index is 463. The van der Waals surface area contributed by atoms with Gasteiger partial charge in [0.25, 0.3) is 5.69 Å². The van der Waals surface area contributed by atoms with Crippen LogP contribution < -0.4 is 5.56 Å². The molecule has 1 aromatic heterocycles. The lowest BCUT2D eigenvalue weighted by molar-refractivity contribution is -0.396. The monoisotopic (exact) mass is 201 g/mol. The molecular weight excluding hydrogens is 198 g/mol. The Morgan fingerprint density at radius 3 is 2.29 bits per heavy atom. The average Bonchev–Trinajstić information content (AvgIpc) is 2.08. The molecule has 0 bridgehead atoms. The number of pyridine rings is 1. The van der Waals surface area contributed by atoms with E-state index in [4.69, 9.17) is 5.21 Å². The normalized spacial score (nSPS) is 9.71. The van der Waals surface area contributed by atoms with Crippen LogP contribution in [-0.2, 0) is 0 Å². The van der Waals surface area contributed by atoms with Crippen molar-refractivity contribution in [3.8, 4) is 0 Å². The fraction of sp³-hybridized carbons (Fsp3) is 0. The van der Waals surface area contributed by atoms with Gasteiger partial charge in [0.2, 0.25) is 0 Å². The molecule has 1 N–H and O–H groups in total. The minimum absolute atomic E-state index is 0.198. The molecule has 0 atom stereocenters. The highest BCUT2D eigenvalue weighted by Crippen LogP contribution is 2.13. The summed E-state index contributed by atoms with van der Waals surface area (Å²) in [7, 11) is 0. The molecule has 1 rings (SSSR count). The first-order chi connectivity index (χ1) is 6.43. The van der Waals surface area contributed by atoms with Crippen molar-refractivity contribution in [2.45, 2.75) is 0 Å². The fourth-order valence-electron chi connectivity index (χ4n) is 0.771. The molecule has 0 aliphatic heterocycles. The second kappa shape index (κ2) is 3.12. The molecular formula is C5H3N3O6. The summed E-state index contributed by atoms with van der Waals surface area (Å²) in [6, 6.07) is 0.481. The summed E-state index contributed by atoms with van der Waals surface area (Å²) in [5, 5.41) is 29.2. The number of nitro groups is 2. The van der Waals surface area contributed by atoms with Crippen LogP contribution in [-0.4, -0.2) is 19.8 Å². The third kappa shape index (κ3) is 1.50. The number of nitrogens with zero attached hydrogens (tertiary/aromatic N) is 3. The van der Waals surface area contributed by atoms with E-state index in [9.17, 15) is 25.0 Å². The highest BCUT2D eigenvalue weighted by Gasteiger charge is 2.21. The van der Waals surface area contributed by atoms with Crippen molar-refractivity contribution >= 4 is 11.4 Å². The van der Waals surface area contributed by atoms with E-state index in [0.717, 1.165) is 0 Å². The molecule has 0 aliphatic carbocycles. The summed E-state index contributed by atoms with van der Waals surface area (Å²) < 4.78 is -0.198. The highest BCUT2D eigenvalue weighted by molar-refractivity contribution is 5.38. The molecule has 0 radical (unpaired) electrons. The van der Waals surface area contributed by atoms with Crippen LogP contribution in [0.2, 0.25) is 0 Å². The first-order valence-electron chi connectivity index (χ1n) is 3.18. The van der Waals surface area contributed by atoms with Gasteiger partial charge in [-0.05, 0) is 0 Å². The molecule has 14 heavy (non-hydrogen) atoms. The zero-order valence-corrected chi connectivity index (χ0v) is 6.48. The third-order valence-corrected chi connectivity index (χ3v) is 1.37. The third-order valence-electron chi connectivity index (χ3n) is 1.37. The maximum Gasteiger partial charge on any atom is 0.361 e. The molecule has 0 unspecified atom stereocenters. The summed E-state index contributed by atoms with van der Waals surface area (Å²) in [5.74, 6) is 0. The Kier molecular flexibility index (Phi) is 2.15. The molecule has 1 aromatic rings. The molecule has 1 heterocycles. The molecule has 0 spiro atoms. The molecule has 0 fully saturated rings. The quantitative estimate of drug-likeness (QED) is 0.404. The lowest BCUT2D eigenvalue weighted by Crippen LogP contribution is -2.20. The van der Waals surface area contributed by atoms with E-state index in [2.05, 4.69) is 0 Å². The Morgan fingerprint density at radius 2 is 1.86 bits per heavy atom. The standard InChI is InChI=1S/C5H3N3O6/c9-5-4(8(13)14)1-3(7(11)12)2-6(5)10/h1-2,10H. The van der Waals surface area contributed by atoms with Crippen LogP contribution in [0.5, 0.6) is 0 Å². The summed E-state index contributed by atoms with van der Waals surface area (Å²) in [6.45, 7) is 0. The van der Waals surface area contributed by atoms with Crippen molar-refractivity contribution in [1.82, 2.24) is 4.73 Å². The van der Waals surface area contributed by atoms with E-state index in [1.54, 1.807) is 0 Å². The molecule has 0 saturated heterocycles. The smallest absolute Gasteiger partial charge is 0.361 e. The Balaban J connectivity index is 3.51. The Hall–Kier alpha value is -2.45. The van der Waals surface area contributed by atoms with Gasteiger partial charge in [0, 0.05) is 0 Å². The number of hydrogen-bond acceptors (Lipinski definition) is 6. The summed E-state index contributed by atoms with van der Waals surface area (Å²) in [5.41, 5.74) is -3.11. The largest absolute Gasteiger partial charge is 0.425 e. The van der Waals surface area contributed by atoms with Gasteiger partial charge in [0.15, 0.2) is 0 Å².